The molecule has 70 valence electrons. The Labute approximate surface area is 75.8 Å². The van der Waals surface area contributed by atoms with Crippen LogP contribution in [0, 0.1) is 11.3 Å². The van der Waals surface area contributed by atoms with E-state index in [4.69, 9.17) is 11.0 Å². The molecule has 12 heavy (non-hydrogen) atoms. The van der Waals surface area contributed by atoms with Crippen LogP contribution in [0.3, 0.4) is 0 Å². The number of rotatable bonds is 6. The number of unbranched alkanes of at least 4 members (excludes halogenated alkanes) is 4. The van der Waals surface area contributed by atoms with Crippen LogP contribution in [-0.2, 0) is 0 Å². The molecule has 0 aliphatic heterocycles. The molecule has 0 saturated carbocycles. The normalized spacial score (nSPS) is 15.2. The lowest BCUT2D eigenvalue weighted by Crippen LogP contribution is -2.33. The lowest BCUT2D eigenvalue weighted by atomic mass is 9.97. The molecular formula is C10H20N2. The number of nitrogens with zero attached hydrogens (tertiary/aromatic N) is 1. The van der Waals surface area contributed by atoms with E-state index in [1.165, 1.54) is 25.7 Å². The summed E-state index contributed by atoms with van der Waals surface area (Å²) < 4.78 is 0. The molecule has 0 aromatic heterocycles. The van der Waals surface area contributed by atoms with Gasteiger partial charge >= 0.3 is 0 Å². The Kier molecular flexibility index (Phi) is 5.74. The van der Waals surface area contributed by atoms with Crippen molar-refractivity contribution in [2.75, 3.05) is 0 Å². The second-order valence-corrected chi connectivity index (χ2v) is 3.69. The zero-order valence-corrected chi connectivity index (χ0v) is 8.27. The topological polar surface area (TPSA) is 49.8 Å². The SMILES string of the molecule is CCCCCCCC(C)(N)C#N. The van der Waals surface area contributed by atoms with Crippen LogP contribution >= 0.6 is 0 Å². The monoisotopic (exact) mass is 168 g/mol. The minimum atomic E-state index is -0.605. The number of nitriles is 1. The van der Waals surface area contributed by atoms with Crippen molar-refractivity contribution >= 4 is 0 Å². The van der Waals surface area contributed by atoms with Gasteiger partial charge in [-0.05, 0) is 13.3 Å². The lowest BCUT2D eigenvalue weighted by Gasteiger charge is -2.14. The quantitative estimate of drug-likeness (QED) is 0.620. The average Bonchev–Trinajstić information content (AvgIpc) is 2.04. The fourth-order valence-electron chi connectivity index (χ4n) is 1.15. The zero-order valence-electron chi connectivity index (χ0n) is 8.27. The van der Waals surface area contributed by atoms with Gasteiger partial charge in [-0.25, -0.2) is 0 Å². The summed E-state index contributed by atoms with van der Waals surface area (Å²) in [6.07, 6.45) is 6.96. The molecule has 0 aliphatic rings. The summed E-state index contributed by atoms with van der Waals surface area (Å²) in [5.41, 5.74) is 5.06. The molecule has 2 N–H and O–H groups in total. The van der Waals surface area contributed by atoms with E-state index in [1.807, 2.05) is 0 Å². The van der Waals surface area contributed by atoms with E-state index in [0.717, 1.165) is 12.8 Å². The number of hydrogen-bond acceptors (Lipinski definition) is 2. The summed E-state index contributed by atoms with van der Waals surface area (Å²) >= 11 is 0. The van der Waals surface area contributed by atoms with Gasteiger partial charge in [0, 0.05) is 0 Å². The first-order valence-electron chi connectivity index (χ1n) is 4.82. The predicted octanol–water partition coefficient (Wildman–Crippen LogP) is 2.59. The van der Waals surface area contributed by atoms with Crippen LogP contribution in [0.25, 0.3) is 0 Å². The van der Waals surface area contributed by atoms with E-state index in [2.05, 4.69) is 13.0 Å². The van der Waals surface area contributed by atoms with E-state index in [1.54, 1.807) is 6.92 Å². The Morgan fingerprint density at radius 2 is 1.83 bits per heavy atom. The van der Waals surface area contributed by atoms with E-state index in [9.17, 15) is 0 Å². The maximum Gasteiger partial charge on any atom is 0.101 e. The van der Waals surface area contributed by atoms with Crippen LogP contribution in [0.15, 0.2) is 0 Å². The molecule has 0 aromatic carbocycles. The molecule has 0 radical (unpaired) electrons. The number of nitrogens with two attached hydrogens (primary N) is 1. The third-order valence-electron chi connectivity index (χ3n) is 2.06. The van der Waals surface area contributed by atoms with Gasteiger partial charge in [0.2, 0.25) is 0 Å². The zero-order chi connectivity index (χ0) is 9.45. The summed E-state index contributed by atoms with van der Waals surface area (Å²) in [5.74, 6) is 0. The highest BCUT2D eigenvalue weighted by Gasteiger charge is 2.15. The highest BCUT2D eigenvalue weighted by molar-refractivity contribution is 5.00. The van der Waals surface area contributed by atoms with Crippen LogP contribution in [0.4, 0.5) is 0 Å². The van der Waals surface area contributed by atoms with Crippen LogP contribution in [0.1, 0.15) is 52.4 Å². The molecule has 0 saturated heterocycles. The molecule has 0 rings (SSSR count). The summed E-state index contributed by atoms with van der Waals surface area (Å²) in [5, 5.41) is 8.62. The smallest absolute Gasteiger partial charge is 0.101 e. The Hall–Kier alpha value is -0.550. The molecule has 2 nitrogen and oxygen atoms in total. The van der Waals surface area contributed by atoms with Gasteiger partial charge in [0.25, 0.3) is 0 Å². The molecule has 0 aliphatic carbocycles. The maximum absolute atomic E-state index is 8.62. The van der Waals surface area contributed by atoms with E-state index in [0.29, 0.717) is 0 Å². The maximum atomic E-state index is 8.62. The first-order chi connectivity index (χ1) is 5.62. The molecule has 0 fully saturated rings. The molecule has 1 atom stereocenters. The van der Waals surface area contributed by atoms with Gasteiger partial charge in [-0.2, -0.15) is 5.26 Å². The van der Waals surface area contributed by atoms with Gasteiger partial charge < -0.3 is 5.73 Å². The largest absolute Gasteiger partial charge is 0.314 e. The predicted molar refractivity (Wildman–Crippen MR) is 51.6 cm³/mol. The van der Waals surface area contributed by atoms with Gasteiger partial charge in [-0.15, -0.1) is 0 Å². The summed E-state index contributed by atoms with van der Waals surface area (Å²) in [6.45, 7) is 4.00. The van der Waals surface area contributed by atoms with Crippen molar-refractivity contribution in [2.45, 2.75) is 57.9 Å². The molecule has 0 amide bonds. The van der Waals surface area contributed by atoms with Crippen LogP contribution in [-0.4, -0.2) is 5.54 Å². The van der Waals surface area contributed by atoms with Crippen molar-refractivity contribution in [3.8, 4) is 6.07 Å². The van der Waals surface area contributed by atoms with Crippen molar-refractivity contribution in [1.29, 1.82) is 5.26 Å². The van der Waals surface area contributed by atoms with Gasteiger partial charge in [-0.3, -0.25) is 0 Å². The van der Waals surface area contributed by atoms with Gasteiger partial charge in [0.1, 0.15) is 5.54 Å². The fraction of sp³-hybridized carbons (Fsp3) is 0.900. The van der Waals surface area contributed by atoms with Crippen molar-refractivity contribution in [2.24, 2.45) is 5.73 Å². The highest BCUT2D eigenvalue weighted by atomic mass is 14.7. The molecule has 0 spiro atoms. The van der Waals surface area contributed by atoms with Crippen molar-refractivity contribution in [1.82, 2.24) is 0 Å². The third kappa shape index (κ3) is 6.18. The first-order valence-corrected chi connectivity index (χ1v) is 4.82. The molecule has 0 aromatic rings. The van der Waals surface area contributed by atoms with Gasteiger partial charge in [0.15, 0.2) is 0 Å². The van der Waals surface area contributed by atoms with Crippen LogP contribution < -0.4 is 5.73 Å². The Bertz CT molecular complexity index is 144. The average molecular weight is 168 g/mol. The Morgan fingerprint density at radius 1 is 1.25 bits per heavy atom. The summed E-state index contributed by atoms with van der Waals surface area (Å²) in [6, 6.07) is 2.11. The molecule has 0 bridgehead atoms. The van der Waals surface area contributed by atoms with Crippen LogP contribution in [0.2, 0.25) is 0 Å². The molecule has 0 heterocycles. The lowest BCUT2D eigenvalue weighted by molar-refractivity contribution is 0.494. The highest BCUT2D eigenvalue weighted by Crippen LogP contribution is 2.12. The van der Waals surface area contributed by atoms with Crippen molar-refractivity contribution < 1.29 is 0 Å². The minimum absolute atomic E-state index is 0.605. The fourth-order valence-corrected chi connectivity index (χ4v) is 1.15. The third-order valence-corrected chi connectivity index (χ3v) is 2.06. The number of hydrogen-bond donors (Lipinski definition) is 1. The second kappa shape index (κ2) is 6.02. The minimum Gasteiger partial charge on any atom is -0.314 e. The summed E-state index contributed by atoms with van der Waals surface area (Å²) in [4.78, 5) is 0. The van der Waals surface area contributed by atoms with E-state index >= 15 is 0 Å². The summed E-state index contributed by atoms with van der Waals surface area (Å²) in [7, 11) is 0. The first kappa shape index (κ1) is 11.4. The van der Waals surface area contributed by atoms with Crippen molar-refractivity contribution in [3.63, 3.8) is 0 Å². The van der Waals surface area contributed by atoms with Crippen LogP contribution in [0.5, 0.6) is 0 Å². The standard InChI is InChI=1S/C10H20N2/c1-3-4-5-6-7-8-10(2,12)9-11/h3-8,12H2,1-2H3. The second-order valence-electron chi connectivity index (χ2n) is 3.69. The molecule has 1 unspecified atom stereocenters. The van der Waals surface area contributed by atoms with Gasteiger partial charge in [-0.1, -0.05) is 39.0 Å². The Balaban J connectivity index is 3.27. The van der Waals surface area contributed by atoms with Gasteiger partial charge in [0.05, 0.1) is 6.07 Å². The molecular weight excluding hydrogens is 148 g/mol. The van der Waals surface area contributed by atoms with E-state index in [-0.39, 0.29) is 0 Å². The molecule has 2 heteroatoms. The Morgan fingerprint density at radius 3 is 2.33 bits per heavy atom. The van der Waals surface area contributed by atoms with Crippen molar-refractivity contribution in [3.05, 3.63) is 0 Å². The van der Waals surface area contributed by atoms with E-state index < -0.39 is 5.54 Å².